The highest BCUT2D eigenvalue weighted by atomic mass is 31.2. The van der Waals surface area contributed by atoms with Gasteiger partial charge in [0.1, 0.15) is 0 Å². The van der Waals surface area contributed by atoms with Crippen molar-refractivity contribution < 1.29 is 40.7 Å². The molecule has 0 rings (SSSR count). The zero-order valence-electron chi connectivity index (χ0n) is 10.0. The van der Waals surface area contributed by atoms with E-state index in [9.17, 15) is 30.9 Å². The number of nitrogens with zero attached hydrogens (tertiary/aromatic N) is 1. The maximum atomic E-state index is 12.2. The predicted molar refractivity (Wildman–Crippen MR) is 54.2 cm³/mol. The first-order valence-electron chi connectivity index (χ1n) is 5.11. The molecule has 11 heteroatoms. The van der Waals surface area contributed by atoms with Gasteiger partial charge in [-0.2, -0.15) is 26.3 Å². The Kier molecular flexibility index (Phi) is 5.89. The standard InChI is InChI=1S/C8H14F6NO3P/c1-5(2)15(19(16,17)18)6(3-7(9,10)11)4-8(12,13)14/h5-6H,3-4H2,1-2H3,(H2,16,17,18). The minimum Gasteiger partial charge on any atom is -0.312 e. The normalized spacial score (nSPS) is 14.8. The second-order valence-corrected chi connectivity index (χ2v) is 5.77. The molecule has 0 saturated heterocycles. The van der Waals surface area contributed by atoms with Crippen molar-refractivity contribution in [1.29, 1.82) is 0 Å². The van der Waals surface area contributed by atoms with Crippen LogP contribution in [0.3, 0.4) is 0 Å². The van der Waals surface area contributed by atoms with Crippen LogP contribution in [0.4, 0.5) is 26.3 Å². The number of rotatable bonds is 5. The second kappa shape index (κ2) is 5.99. The molecule has 0 spiro atoms. The van der Waals surface area contributed by atoms with E-state index in [4.69, 9.17) is 9.79 Å². The molecule has 0 aromatic heterocycles. The van der Waals surface area contributed by atoms with Gasteiger partial charge in [0.15, 0.2) is 0 Å². The highest BCUT2D eigenvalue weighted by molar-refractivity contribution is 7.49. The maximum Gasteiger partial charge on any atom is 0.403 e. The number of halogens is 6. The van der Waals surface area contributed by atoms with Crippen LogP contribution < -0.4 is 0 Å². The summed E-state index contributed by atoms with van der Waals surface area (Å²) in [6, 6.07) is -3.53. The number of hydrogen-bond acceptors (Lipinski definition) is 1. The average Bonchev–Trinajstić information content (AvgIpc) is 1.90. The van der Waals surface area contributed by atoms with Crippen LogP contribution in [0.1, 0.15) is 26.7 Å². The van der Waals surface area contributed by atoms with Crippen molar-refractivity contribution in [3.8, 4) is 0 Å². The van der Waals surface area contributed by atoms with Crippen LogP contribution in [0.15, 0.2) is 0 Å². The minimum absolute atomic E-state index is 0.0476. The van der Waals surface area contributed by atoms with Gasteiger partial charge in [0.25, 0.3) is 0 Å². The van der Waals surface area contributed by atoms with Gasteiger partial charge >= 0.3 is 20.1 Å². The molecule has 4 nitrogen and oxygen atoms in total. The molecule has 0 fully saturated rings. The Morgan fingerprint density at radius 1 is 1.00 bits per heavy atom. The van der Waals surface area contributed by atoms with Crippen molar-refractivity contribution in [2.24, 2.45) is 0 Å². The first kappa shape index (κ1) is 18.7. The monoisotopic (exact) mass is 317 g/mol. The number of alkyl halides is 6. The number of hydrogen-bond donors (Lipinski definition) is 2. The lowest BCUT2D eigenvalue weighted by atomic mass is 10.1. The SMILES string of the molecule is CC(C)N(C(CC(F)(F)F)CC(F)(F)F)P(=O)(O)O. The molecule has 0 heterocycles. The van der Waals surface area contributed by atoms with Crippen LogP contribution in [0.2, 0.25) is 0 Å². The fourth-order valence-corrected chi connectivity index (χ4v) is 2.92. The van der Waals surface area contributed by atoms with Crippen molar-refractivity contribution in [1.82, 2.24) is 4.67 Å². The quantitative estimate of drug-likeness (QED) is 0.604. The average molecular weight is 317 g/mol. The Labute approximate surface area is 105 Å². The van der Waals surface area contributed by atoms with Crippen LogP contribution in [0.25, 0.3) is 0 Å². The molecule has 0 aromatic carbocycles. The van der Waals surface area contributed by atoms with Crippen molar-refractivity contribution >= 4 is 7.75 Å². The van der Waals surface area contributed by atoms with E-state index in [2.05, 4.69) is 0 Å². The van der Waals surface area contributed by atoms with Gasteiger partial charge in [-0.15, -0.1) is 0 Å². The third-order valence-corrected chi connectivity index (χ3v) is 3.53. The fraction of sp³-hybridized carbons (Fsp3) is 1.00. The summed E-state index contributed by atoms with van der Waals surface area (Å²) in [5, 5.41) is 0. The summed E-state index contributed by atoms with van der Waals surface area (Å²) in [5.41, 5.74) is 0. The summed E-state index contributed by atoms with van der Waals surface area (Å²) in [4.78, 5) is 17.8. The molecule has 0 aliphatic carbocycles. The van der Waals surface area contributed by atoms with E-state index in [0.29, 0.717) is 0 Å². The summed E-state index contributed by atoms with van der Waals surface area (Å²) in [6.45, 7) is 2.22. The Balaban J connectivity index is 5.35. The van der Waals surface area contributed by atoms with Crippen molar-refractivity contribution in [2.45, 2.75) is 51.1 Å². The van der Waals surface area contributed by atoms with E-state index < -0.39 is 45.0 Å². The van der Waals surface area contributed by atoms with Gasteiger partial charge < -0.3 is 9.79 Å². The minimum atomic E-state index is -5.23. The Hall–Kier alpha value is -0.310. The highest BCUT2D eigenvalue weighted by Crippen LogP contribution is 2.47. The van der Waals surface area contributed by atoms with E-state index >= 15 is 0 Å². The van der Waals surface area contributed by atoms with Gasteiger partial charge in [0.2, 0.25) is 0 Å². The molecule has 0 radical (unpaired) electrons. The molecule has 0 amide bonds. The second-order valence-electron chi connectivity index (χ2n) is 4.28. The third-order valence-electron chi connectivity index (χ3n) is 2.14. The summed E-state index contributed by atoms with van der Waals surface area (Å²) >= 11 is 0. The summed E-state index contributed by atoms with van der Waals surface area (Å²) in [7, 11) is -5.23. The van der Waals surface area contributed by atoms with Crippen LogP contribution in [0.5, 0.6) is 0 Å². The molecule has 116 valence electrons. The van der Waals surface area contributed by atoms with Crippen molar-refractivity contribution in [3.63, 3.8) is 0 Å². The lowest BCUT2D eigenvalue weighted by molar-refractivity contribution is -0.173. The largest absolute Gasteiger partial charge is 0.403 e. The lowest BCUT2D eigenvalue weighted by Gasteiger charge is -2.35. The molecule has 0 aromatic rings. The molecule has 0 atom stereocenters. The Morgan fingerprint density at radius 2 is 1.32 bits per heavy atom. The molecule has 0 bridgehead atoms. The van der Waals surface area contributed by atoms with Gasteiger partial charge in [0.05, 0.1) is 12.8 Å². The molecule has 0 unspecified atom stereocenters. The van der Waals surface area contributed by atoms with Crippen LogP contribution in [-0.2, 0) is 4.57 Å². The van der Waals surface area contributed by atoms with E-state index in [0.717, 1.165) is 13.8 Å². The predicted octanol–water partition coefficient (Wildman–Crippen LogP) is 3.06. The molecule has 19 heavy (non-hydrogen) atoms. The molecular formula is C8H14F6NO3P. The summed E-state index contributed by atoms with van der Waals surface area (Å²) < 4.78 is 84.5. The first-order chi connectivity index (χ1) is 8.13. The van der Waals surface area contributed by atoms with Crippen LogP contribution >= 0.6 is 7.75 Å². The van der Waals surface area contributed by atoms with Gasteiger partial charge in [-0.25, -0.2) is 9.24 Å². The van der Waals surface area contributed by atoms with Gasteiger partial charge in [-0.3, -0.25) is 0 Å². The molecular weight excluding hydrogens is 303 g/mol. The summed E-state index contributed by atoms with van der Waals surface area (Å²) in [5.74, 6) is 0. The summed E-state index contributed by atoms with van der Waals surface area (Å²) in [6.07, 6.45) is -13.8. The zero-order chi connectivity index (χ0) is 15.6. The zero-order valence-corrected chi connectivity index (χ0v) is 10.9. The van der Waals surface area contributed by atoms with E-state index in [1.54, 1.807) is 0 Å². The molecule has 2 N–H and O–H groups in total. The van der Waals surface area contributed by atoms with Crippen molar-refractivity contribution in [3.05, 3.63) is 0 Å². The van der Waals surface area contributed by atoms with Crippen molar-refractivity contribution in [2.75, 3.05) is 0 Å². The third kappa shape index (κ3) is 7.76. The van der Waals surface area contributed by atoms with E-state index in [1.807, 2.05) is 0 Å². The smallest absolute Gasteiger partial charge is 0.312 e. The van der Waals surface area contributed by atoms with E-state index in [-0.39, 0.29) is 4.67 Å². The van der Waals surface area contributed by atoms with Gasteiger partial charge in [0, 0.05) is 12.1 Å². The highest BCUT2D eigenvalue weighted by Gasteiger charge is 2.46. The fourth-order valence-electron chi connectivity index (χ4n) is 1.73. The molecule has 0 aliphatic rings. The lowest BCUT2D eigenvalue weighted by Crippen LogP contribution is -2.43. The molecule has 0 aliphatic heterocycles. The molecule has 0 saturated carbocycles. The Bertz CT molecular complexity index is 320. The van der Waals surface area contributed by atoms with E-state index in [1.165, 1.54) is 0 Å². The topological polar surface area (TPSA) is 60.8 Å². The first-order valence-corrected chi connectivity index (χ1v) is 6.68. The van der Waals surface area contributed by atoms with Crippen LogP contribution in [0, 0.1) is 0 Å². The van der Waals surface area contributed by atoms with Gasteiger partial charge in [-0.1, -0.05) is 0 Å². The van der Waals surface area contributed by atoms with Crippen LogP contribution in [-0.4, -0.2) is 38.9 Å². The Morgan fingerprint density at radius 3 is 1.47 bits per heavy atom. The van der Waals surface area contributed by atoms with Gasteiger partial charge in [-0.05, 0) is 13.8 Å². The maximum absolute atomic E-state index is 12.2.